The molecule has 0 fully saturated rings. The summed E-state index contributed by atoms with van der Waals surface area (Å²) in [6, 6.07) is 33.7. The number of hydrogen-bond acceptors (Lipinski definition) is 7. The van der Waals surface area contributed by atoms with Crippen LogP contribution in [0.2, 0.25) is 0 Å². The molecule has 7 heteroatoms. The third-order valence-electron chi connectivity index (χ3n) is 11.3. The van der Waals surface area contributed by atoms with E-state index in [0.29, 0.717) is 13.2 Å². The first kappa shape index (κ1) is 45.1. The summed E-state index contributed by atoms with van der Waals surface area (Å²) >= 11 is 0. The molecule has 0 aliphatic heterocycles. The Bertz CT molecular complexity index is 1950. The lowest BCUT2D eigenvalue weighted by molar-refractivity contribution is 0.0258. The summed E-state index contributed by atoms with van der Waals surface area (Å²) in [6.45, 7) is 9.76. The number of aryl methyl sites for hydroxylation is 2. The van der Waals surface area contributed by atoms with Crippen LogP contribution in [0.25, 0.3) is 22.5 Å². The minimum Gasteiger partial charge on any atom is -0.494 e. The van der Waals surface area contributed by atoms with Crippen LogP contribution in [-0.2, 0) is 17.6 Å². The van der Waals surface area contributed by atoms with Crippen LogP contribution in [-0.4, -0.2) is 33.1 Å². The van der Waals surface area contributed by atoms with E-state index in [0.717, 1.165) is 69.4 Å². The van der Waals surface area contributed by atoms with Crippen molar-refractivity contribution < 1.29 is 14.2 Å². The summed E-state index contributed by atoms with van der Waals surface area (Å²) in [5.41, 5.74) is 9.66. The molecule has 0 bridgehead atoms. The molecule has 2 atom stereocenters. The van der Waals surface area contributed by atoms with Crippen molar-refractivity contribution in [2.24, 2.45) is 0 Å². The predicted octanol–water partition coefficient (Wildman–Crippen LogP) is 14.1. The van der Waals surface area contributed by atoms with E-state index >= 15 is 0 Å². The monoisotopic (exact) mass is 819 g/mol. The van der Waals surface area contributed by atoms with Gasteiger partial charge in [0.05, 0.1) is 60.8 Å². The molecule has 0 saturated heterocycles. The van der Waals surface area contributed by atoms with Crippen molar-refractivity contribution in [1.29, 1.82) is 0 Å². The molecule has 0 aliphatic carbocycles. The van der Waals surface area contributed by atoms with E-state index in [1.165, 1.54) is 88.2 Å². The highest BCUT2D eigenvalue weighted by molar-refractivity contribution is 5.60. The van der Waals surface area contributed by atoms with Crippen molar-refractivity contribution in [1.82, 2.24) is 19.9 Å². The van der Waals surface area contributed by atoms with E-state index in [2.05, 4.69) is 62.4 Å². The average Bonchev–Trinajstić information content (AvgIpc) is 3.31. The first-order valence-corrected chi connectivity index (χ1v) is 23.0. The second kappa shape index (κ2) is 24.8. The molecular formula is C54H66N4O3. The number of aromatic nitrogens is 4. The van der Waals surface area contributed by atoms with Gasteiger partial charge in [-0.05, 0) is 110 Å². The molecule has 6 rings (SSSR count). The summed E-state index contributed by atoms with van der Waals surface area (Å²) in [4.78, 5) is 19.9. The zero-order chi connectivity index (χ0) is 42.5. The summed E-state index contributed by atoms with van der Waals surface area (Å²) in [7, 11) is 0. The SMILES string of the molecule is CCCCCCCCc1ccc(C(OC(c2ccc(CCCCCCCC)cc2)c2cnc(-c3ccc(OCC)cc3)cn2)c2cnc(-c3ccc(OCC)cc3)cn2)cc1. The third-order valence-corrected chi connectivity index (χ3v) is 11.3. The largest absolute Gasteiger partial charge is 0.494 e. The maximum Gasteiger partial charge on any atom is 0.127 e. The lowest BCUT2D eigenvalue weighted by Crippen LogP contribution is -2.16. The van der Waals surface area contributed by atoms with Gasteiger partial charge in [0.15, 0.2) is 0 Å². The Labute approximate surface area is 365 Å². The minimum atomic E-state index is -0.523. The van der Waals surface area contributed by atoms with Crippen molar-refractivity contribution >= 4 is 0 Å². The van der Waals surface area contributed by atoms with E-state index in [9.17, 15) is 0 Å². The van der Waals surface area contributed by atoms with Crippen LogP contribution in [0.3, 0.4) is 0 Å². The Morgan fingerprint density at radius 3 is 1.11 bits per heavy atom. The zero-order valence-corrected chi connectivity index (χ0v) is 37.0. The highest BCUT2D eigenvalue weighted by Gasteiger charge is 2.26. The summed E-state index contributed by atoms with van der Waals surface area (Å²) in [5, 5.41) is 0. The molecule has 7 nitrogen and oxygen atoms in total. The van der Waals surface area contributed by atoms with Gasteiger partial charge in [-0.1, -0.05) is 127 Å². The Kier molecular flexibility index (Phi) is 18.3. The van der Waals surface area contributed by atoms with Crippen LogP contribution in [0, 0.1) is 0 Å². The van der Waals surface area contributed by atoms with Gasteiger partial charge in [-0.15, -0.1) is 0 Å². The molecule has 0 spiro atoms. The van der Waals surface area contributed by atoms with E-state index in [-0.39, 0.29) is 0 Å². The second-order valence-corrected chi connectivity index (χ2v) is 16.0. The molecule has 0 N–H and O–H groups in total. The molecule has 6 aromatic rings. The van der Waals surface area contributed by atoms with Crippen molar-refractivity contribution in [2.45, 2.75) is 130 Å². The fourth-order valence-electron chi connectivity index (χ4n) is 7.73. The molecule has 0 aliphatic rings. The van der Waals surface area contributed by atoms with Gasteiger partial charge in [-0.25, -0.2) is 0 Å². The van der Waals surface area contributed by atoms with Crippen LogP contribution in [0.15, 0.2) is 122 Å². The van der Waals surface area contributed by atoms with Gasteiger partial charge < -0.3 is 14.2 Å². The second-order valence-electron chi connectivity index (χ2n) is 16.0. The maximum atomic E-state index is 7.29. The molecule has 320 valence electrons. The first-order valence-electron chi connectivity index (χ1n) is 23.0. The van der Waals surface area contributed by atoms with Crippen LogP contribution >= 0.6 is 0 Å². The van der Waals surface area contributed by atoms with Gasteiger partial charge in [-0.2, -0.15) is 0 Å². The molecule has 0 amide bonds. The Morgan fingerprint density at radius 2 is 0.770 bits per heavy atom. The molecule has 61 heavy (non-hydrogen) atoms. The highest BCUT2D eigenvalue weighted by Crippen LogP contribution is 2.36. The quantitative estimate of drug-likeness (QED) is 0.0504. The van der Waals surface area contributed by atoms with Gasteiger partial charge in [-0.3, -0.25) is 19.9 Å². The van der Waals surface area contributed by atoms with Gasteiger partial charge in [0.1, 0.15) is 23.7 Å². The molecule has 0 saturated carbocycles. The Hall–Kier alpha value is -5.40. The third kappa shape index (κ3) is 13.8. The zero-order valence-electron chi connectivity index (χ0n) is 37.0. The number of ether oxygens (including phenoxy) is 3. The first-order chi connectivity index (χ1) is 30.1. The standard InChI is InChI=1S/C54H66N4O3/c1-5-9-11-13-15-17-19-41-21-25-45(26-22-41)53(51-39-55-49(37-57-51)43-29-33-47(34-30-43)59-7-3)61-54(46-27-23-42(24-28-46)20-18-16-14-12-10-6-2)52-40-56-50(38-58-52)44-31-35-48(36-32-44)60-8-4/h21-40,53-54H,5-20H2,1-4H3. The fraction of sp³-hybridized carbons (Fsp3) is 0.407. The van der Waals surface area contributed by atoms with E-state index in [1.807, 2.05) is 87.2 Å². The highest BCUT2D eigenvalue weighted by atomic mass is 16.5. The minimum absolute atomic E-state index is 0.523. The normalized spacial score (nSPS) is 12.3. The summed E-state index contributed by atoms with van der Waals surface area (Å²) in [6.07, 6.45) is 23.8. The average molecular weight is 819 g/mol. The van der Waals surface area contributed by atoms with Crippen LogP contribution in [0.1, 0.15) is 151 Å². The van der Waals surface area contributed by atoms with Gasteiger partial charge in [0.25, 0.3) is 0 Å². The van der Waals surface area contributed by atoms with Crippen molar-refractivity contribution in [3.05, 3.63) is 155 Å². The lowest BCUT2D eigenvalue weighted by Gasteiger charge is -2.25. The van der Waals surface area contributed by atoms with E-state index in [4.69, 9.17) is 34.1 Å². The molecule has 4 aromatic carbocycles. The molecule has 2 heterocycles. The summed E-state index contributed by atoms with van der Waals surface area (Å²) < 4.78 is 18.6. The molecule has 2 unspecified atom stereocenters. The number of benzene rings is 4. The van der Waals surface area contributed by atoms with E-state index in [1.54, 1.807) is 0 Å². The topological polar surface area (TPSA) is 79.2 Å². The smallest absolute Gasteiger partial charge is 0.127 e. The maximum absolute atomic E-state index is 7.29. The summed E-state index contributed by atoms with van der Waals surface area (Å²) in [5.74, 6) is 1.67. The molecule has 0 radical (unpaired) electrons. The van der Waals surface area contributed by atoms with Crippen LogP contribution < -0.4 is 9.47 Å². The van der Waals surface area contributed by atoms with Crippen LogP contribution in [0.5, 0.6) is 11.5 Å². The molecule has 2 aromatic heterocycles. The van der Waals surface area contributed by atoms with Gasteiger partial charge >= 0.3 is 0 Å². The fourth-order valence-corrected chi connectivity index (χ4v) is 7.73. The van der Waals surface area contributed by atoms with Gasteiger partial charge in [0, 0.05) is 11.1 Å². The molecular weight excluding hydrogens is 753 g/mol. The number of nitrogens with zero attached hydrogens (tertiary/aromatic N) is 4. The van der Waals surface area contributed by atoms with Crippen molar-refractivity contribution in [3.8, 4) is 34.0 Å². The Balaban J connectivity index is 1.30. The number of unbranched alkanes of at least 4 members (excludes halogenated alkanes) is 10. The van der Waals surface area contributed by atoms with Crippen molar-refractivity contribution in [3.63, 3.8) is 0 Å². The lowest BCUT2D eigenvalue weighted by atomic mass is 9.99. The van der Waals surface area contributed by atoms with E-state index < -0.39 is 12.2 Å². The van der Waals surface area contributed by atoms with Crippen LogP contribution in [0.4, 0.5) is 0 Å². The number of hydrogen-bond donors (Lipinski definition) is 0. The van der Waals surface area contributed by atoms with Crippen molar-refractivity contribution in [2.75, 3.05) is 13.2 Å². The number of rotatable bonds is 26. The van der Waals surface area contributed by atoms with Gasteiger partial charge in [0.2, 0.25) is 0 Å². The predicted molar refractivity (Wildman–Crippen MR) is 249 cm³/mol. The Morgan fingerprint density at radius 1 is 0.393 bits per heavy atom.